The summed E-state index contributed by atoms with van der Waals surface area (Å²) in [5.41, 5.74) is 1.73. The first-order valence-corrected chi connectivity index (χ1v) is 13.0. The highest BCUT2D eigenvalue weighted by Gasteiger charge is 2.47. The molecule has 0 bridgehead atoms. The van der Waals surface area contributed by atoms with Crippen molar-refractivity contribution in [1.82, 2.24) is 0 Å². The molecule has 1 heterocycles. The molecule has 0 radical (unpaired) electrons. The van der Waals surface area contributed by atoms with Gasteiger partial charge in [-0.2, -0.15) is 0 Å². The molecule has 3 aromatic rings. The number of amides is 1. The molecule has 1 saturated heterocycles. The summed E-state index contributed by atoms with van der Waals surface area (Å²) in [6.07, 6.45) is 0.654. The molecule has 8 nitrogen and oxygen atoms in total. The van der Waals surface area contributed by atoms with Crippen molar-refractivity contribution in [3.8, 4) is 11.5 Å². The molecule has 0 spiro atoms. The number of ether oxygens (including phenoxy) is 2. The normalized spacial score (nSPS) is 16.7. The minimum absolute atomic E-state index is 0.000848. The molecule has 3 aromatic carbocycles. The van der Waals surface area contributed by atoms with Gasteiger partial charge in [-0.3, -0.25) is 14.5 Å². The fourth-order valence-electron chi connectivity index (χ4n) is 4.64. The zero-order valence-electron chi connectivity index (χ0n) is 23.2. The molecule has 208 valence electrons. The first kappa shape index (κ1) is 28.4. The molecule has 0 aliphatic carbocycles. The average Bonchev–Trinajstić information content (AvgIpc) is 3.20. The summed E-state index contributed by atoms with van der Waals surface area (Å²) in [4.78, 5) is 41.0. The van der Waals surface area contributed by atoms with Crippen LogP contribution in [-0.4, -0.2) is 41.6 Å². The van der Waals surface area contributed by atoms with E-state index in [1.54, 1.807) is 42.5 Å². The van der Waals surface area contributed by atoms with Crippen molar-refractivity contribution < 1.29 is 34.1 Å². The van der Waals surface area contributed by atoms with E-state index < -0.39 is 23.7 Å². The second-order valence-corrected chi connectivity index (χ2v) is 10.6. The summed E-state index contributed by atoms with van der Waals surface area (Å²) in [5.74, 6) is -2.37. The van der Waals surface area contributed by atoms with Gasteiger partial charge in [-0.15, -0.1) is 0 Å². The van der Waals surface area contributed by atoms with Crippen LogP contribution in [0.2, 0.25) is 0 Å². The van der Waals surface area contributed by atoms with E-state index >= 15 is 0 Å². The van der Waals surface area contributed by atoms with Crippen LogP contribution in [0.25, 0.3) is 5.76 Å². The van der Waals surface area contributed by atoms with E-state index in [-0.39, 0.29) is 45.9 Å². The Balaban J connectivity index is 1.94. The number of methoxy groups -OCH3 is 1. The van der Waals surface area contributed by atoms with Gasteiger partial charge in [0.1, 0.15) is 17.3 Å². The van der Waals surface area contributed by atoms with Crippen molar-refractivity contribution in [3.63, 3.8) is 0 Å². The number of phenols is 1. The zero-order valence-corrected chi connectivity index (χ0v) is 23.2. The van der Waals surface area contributed by atoms with Crippen molar-refractivity contribution in [2.45, 2.75) is 45.6 Å². The molecule has 8 heteroatoms. The van der Waals surface area contributed by atoms with Crippen LogP contribution in [0.1, 0.15) is 67.2 Å². The van der Waals surface area contributed by atoms with Crippen molar-refractivity contribution >= 4 is 29.1 Å². The van der Waals surface area contributed by atoms with Crippen LogP contribution in [0.5, 0.6) is 11.5 Å². The number of ketones is 1. The number of aliphatic hydroxyl groups excluding tert-OH is 1. The number of phenolic OH excluding ortho intramolecular Hbond substituents is 1. The molecule has 1 fully saturated rings. The highest BCUT2D eigenvalue weighted by molar-refractivity contribution is 6.51. The molecule has 0 aromatic heterocycles. The lowest BCUT2D eigenvalue weighted by Gasteiger charge is -2.26. The summed E-state index contributed by atoms with van der Waals surface area (Å²) in [5, 5.41) is 21.6. The Morgan fingerprint density at radius 3 is 2.33 bits per heavy atom. The topological polar surface area (TPSA) is 113 Å². The fraction of sp³-hybridized carbons (Fsp3) is 0.281. The van der Waals surface area contributed by atoms with E-state index in [1.165, 1.54) is 30.2 Å². The highest BCUT2D eigenvalue weighted by Crippen LogP contribution is 2.44. The second-order valence-electron chi connectivity index (χ2n) is 10.6. The summed E-state index contributed by atoms with van der Waals surface area (Å²) >= 11 is 0. The largest absolute Gasteiger partial charge is 0.508 e. The summed E-state index contributed by atoms with van der Waals surface area (Å²) in [6, 6.07) is 16.6. The van der Waals surface area contributed by atoms with Crippen molar-refractivity contribution in [1.29, 1.82) is 0 Å². The van der Waals surface area contributed by atoms with Crippen LogP contribution in [0, 0.1) is 0 Å². The monoisotopic (exact) mass is 543 g/mol. The Kier molecular flexibility index (Phi) is 8.00. The van der Waals surface area contributed by atoms with E-state index in [4.69, 9.17) is 9.47 Å². The van der Waals surface area contributed by atoms with Gasteiger partial charge in [0.15, 0.2) is 0 Å². The summed E-state index contributed by atoms with van der Waals surface area (Å²) in [6.45, 7) is 8.19. The van der Waals surface area contributed by atoms with E-state index in [9.17, 15) is 24.6 Å². The maximum absolute atomic E-state index is 13.6. The Morgan fingerprint density at radius 2 is 1.70 bits per heavy atom. The smallest absolute Gasteiger partial charge is 0.338 e. The number of anilines is 1. The lowest BCUT2D eigenvalue weighted by Crippen LogP contribution is -2.29. The number of Topliss-reactive ketones (excluding diaryl/α,β-unsaturated/α-hetero) is 1. The SMILES string of the molecule is CCCOC(=O)c1cccc(N2C(=O)C(=O)/C(=C(/O)c3cc(C(C)(C)C)ccc3OC)C2c2ccc(O)cc2)c1. The number of aromatic hydroxyl groups is 1. The van der Waals surface area contributed by atoms with Gasteiger partial charge in [-0.25, -0.2) is 4.79 Å². The number of aliphatic hydroxyl groups is 1. The van der Waals surface area contributed by atoms with Crippen molar-refractivity contribution in [2.75, 3.05) is 18.6 Å². The molecule has 1 atom stereocenters. The Labute approximate surface area is 233 Å². The Hall–Kier alpha value is -4.59. The van der Waals surface area contributed by atoms with Gasteiger partial charge in [0.25, 0.3) is 11.7 Å². The average molecular weight is 544 g/mol. The number of benzene rings is 3. The number of carbonyl (C=O) groups is 3. The van der Waals surface area contributed by atoms with Crippen LogP contribution in [0.15, 0.2) is 72.3 Å². The number of hydrogen-bond acceptors (Lipinski definition) is 7. The van der Waals surface area contributed by atoms with Gasteiger partial charge in [0, 0.05) is 5.69 Å². The van der Waals surface area contributed by atoms with E-state index in [0.29, 0.717) is 17.7 Å². The molecular formula is C32H33NO7. The number of carbonyl (C=O) groups excluding carboxylic acids is 3. The van der Waals surface area contributed by atoms with Gasteiger partial charge in [-0.05, 0) is 65.4 Å². The molecule has 2 N–H and O–H groups in total. The Bertz CT molecular complexity index is 1480. The van der Waals surface area contributed by atoms with E-state index in [0.717, 1.165) is 5.56 Å². The number of nitrogens with zero attached hydrogens (tertiary/aromatic N) is 1. The van der Waals surface area contributed by atoms with Crippen LogP contribution >= 0.6 is 0 Å². The maximum atomic E-state index is 13.6. The molecule has 1 aliphatic rings. The lowest BCUT2D eigenvalue weighted by molar-refractivity contribution is -0.132. The quantitative estimate of drug-likeness (QED) is 0.165. The number of esters is 1. The van der Waals surface area contributed by atoms with Crippen LogP contribution in [0.4, 0.5) is 5.69 Å². The molecular weight excluding hydrogens is 510 g/mol. The minimum atomic E-state index is -1.05. The molecule has 1 amide bonds. The summed E-state index contributed by atoms with van der Waals surface area (Å²) < 4.78 is 10.8. The van der Waals surface area contributed by atoms with Crippen LogP contribution in [-0.2, 0) is 19.7 Å². The minimum Gasteiger partial charge on any atom is -0.508 e. The first-order valence-electron chi connectivity index (χ1n) is 13.0. The van der Waals surface area contributed by atoms with Crippen molar-refractivity contribution in [3.05, 3.63) is 94.6 Å². The fourth-order valence-corrected chi connectivity index (χ4v) is 4.64. The number of rotatable bonds is 7. The van der Waals surface area contributed by atoms with Crippen molar-refractivity contribution in [2.24, 2.45) is 0 Å². The van der Waals surface area contributed by atoms with Gasteiger partial charge in [-0.1, -0.05) is 52.0 Å². The summed E-state index contributed by atoms with van der Waals surface area (Å²) in [7, 11) is 1.46. The lowest BCUT2D eigenvalue weighted by atomic mass is 9.85. The maximum Gasteiger partial charge on any atom is 0.338 e. The van der Waals surface area contributed by atoms with E-state index in [2.05, 4.69) is 0 Å². The van der Waals surface area contributed by atoms with Crippen LogP contribution < -0.4 is 9.64 Å². The third-order valence-electron chi connectivity index (χ3n) is 6.77. The molecule has 1 unspecified atom stereocenters. The first-order chi connectivity index (χ1) is 19.0. The molecule has 1 aliphatic heterocycles. The van der Waals surface area contributed by atoms with Crippen LogP contribution in [0.3, 0.4) is 0 Å². The standard InChI is InChI=1S/C32H33NO7/c1-6-16-40-31(38)20-8-7-9-22(17-20)33-27(19-10-13-23(34)14-11-19)26(29(36)30(33)37)28(35)24-18-21(32(2,3)4)12-15-25(24)39-5/h7-15,17-18,27,34-35H,6,16H2,1-5H3/b28-26+. The van der Waals surface area contributed by atoms with Gasteiger partial charge in [0.05, 0.1) is 36.5 Å². The molecule has 0 saturated carbocycles. The predicted molar refractivity (Wildman–Crippen MR) is 152 cm³/mol. The third kappa shape index (κ3) is 5.43. The molecule has 40 heavy (non-hydrogen) atoms. The third-order valence-corrected chi connectivity index (χ3v) is 6.77. The number of hydrogen-bond donors (Lipinski definition) is 2. The Morgan fingerprint density at radius 1 is 1.00 bits per heavy atom. The molecule has 4 rings (SSSR count). The predicted octanol–water partition coefficient (Wildman–Crippen LogP) is 5.89. The van der Waals surface area contributed by atoms with Gasteiger partial charge >= 0.3 is 5.97 Å². The second kappa shape index (κ2) is 11.3. The van der Waals surface area contributed by atoms with E-state index in [1.807, 2.05) is 33.8 Å². The van der Waals surface area contributed by atoms with Gasteiger partial charge < -0.3 is 19.7 Å². The highest BCUT2D eigenvalue weighted by atomic mass is 16.5. The zero-order chi connectivity index (χ0) is 29.2. The van der Waals surface area contributed by atoms with Gasteiger partial charge in [0.2, 0.25) is 0 Å².